The normalized spacial score (nSPS) is 19.6. The minimum Gasteiger partial charge on any atom is -0.399 e. The fourth-order valence-corrected chi connectivity index (χ4v) is 2.28. The predicted octanol–water partition coefficient (Wildman–Crippen LogP) is 1.02. The molecule has 0 spiro atoms. The van der Waals surface area contributed by atoms with E-state index in [1.807, 2.05) is 38.1 Å². The van der Waals surface area contributed by atoms with Crippen molar-refractivity contribution in [3.63, 3.8) is 0 Å². The van der Waals surface area contributed by atoms with Gasteiger partial charge in [0.2, 0.25) is 5.91 Å². The largest absolute Gasteiger partial charge is 0.399 e. The van der Waals surface area contributed by atoms with Gasteiger partial charge >= 0.3 is 0 Å². The van der Waals surface area contributed by atoms with Crippen molar-refractivity contribution < 1.29 is 4.79 Å². The van der Waals surface area contributed by atoms with Crippen molar-refractivity contribution in [1.82, 2.24) is 10.2 Å². The molecule has 98 valence electrons. The molecule has 0 aliphatic carbocycles. The molecule has 0 atom stereocenters. The summed E-state index contributed by atoms with van der Waals surface area (Å²) in [5, 5.41) is 2.91. The van der Waals surface area contributed by atoms with Crippen molar-refractivity contribution in [2.75, 3.05) is 25.4 Å². The van der Waals surface area contributed by atoms with Gasteiger partial charge < -0.3 is 11.1 Å². The summed E-state index contributed by atoms with van der Waals surface area (Å²) in [5.41, 5.74) is 7.30. The lowest BCUT2D eigenvalue weighted by Gasteiger charge is -2.41. The first-order valence-corrected chi connectivity index (χ1v) is 6.38. The van der Waals surface area contributed by atoms with Crippen molar-refractivity contribution in [2.24, 2.45) is 0 Å². The van der Waals surface area contributed by atoms with Crippen LogP contribution in [0.5, 0.6) is 0 Å². The highest BCUT2D eigenvalue weighted by atomic mass is 16.2. The van der Waals surface area contributed by atoms with E-state index in [-0.39, 0.29) is 5.91 Å². The number of hydrogen-bond acceptors (Lipinski definition) is 3. The van der Waals surface area contributed by atoms with Gasteiger partial charge in [0.05, 0.1) is 5.54 Å². The standard InChI is InChI=1S/C14H21N3O/c1-14(2)13(18)16-8-10-17(14)9-7-11-3-5-12(15)6-4-11/h3-6H,7-10,15H2,1-2H3,(H,16,18). The molecule has 0 radical (unpaired) electrons. The number of nitrogens with one attached hydrogen (secondary N) is 1. The van der Waals surface area contributed by atoms with Crippen molar-refractivity contribution in [3.05, 3.63) is 29.8 Å². The van der Waals surface area contributed by atoms with Gasteiger partial charge in [0.25, 0.3) is 0 Å². The Morgan fingerprint density at radius 2 is 2.00 bits per heavy atom. The van der Waals surface area contributed by atoms with Crippen LogP contribution in [0.25, 0.3) is 0 Å². The Morgan fingerprint density at radius 3 is 2.67 bits per heavy atom. The van der Waals surface area contributed by atoms with Crippen LogP contribution >= 0.6 is 0 Å². The highest BCUT2D eigenvalue weighted by molar-refractivity contribution is 5.86. The summed E-state index contributed by atoms with van der Waals surface area (Å²) in [7, 11) is 0. The molecule has 2 rings (SSSR count). The topological polar surface area (TPSA) is 58.4 Å². The van der Waals surface area contributed by atoms with Crippen LogP contribution in [0.15, 0.2) is 24.3 Å². The second-order valence-electron chi connectivity index (χ2n) is 5.29. The zero-order valence-corrected chi connectivity index (χ0v) is 11.1. The molecule has 18 heavy (non-hydrogen) atoms. The lowest BCUT2D eigenvalue weighted by molar-refractivity contribution is -0.134. The molecule has 1 fully saturated rings. The minimum absolute atomic E-state index is 0.117. The molecule has 0 aromatic heterocycles. The molecule has 4 nitrogen and oxygen atoms in total. The van der Waals surface area contributed by atoms with E-state index in [4.69, 9.17) is 5.73 Å². The Bertz CT molecular complexity index is 425. The number of amides is 1. The van der Waals surface area contributed by atoms with Gasteiger partial charge in [-0.1, -0.05) is 12.1 Å². The van der Waals surface area contributed by atoms with E-state index in [1.54, 1.807) is 0 Å². The number of nitrogens with zero attached hydrogens (tertiary/aromatic N) is 1. The summed E-state index contributed by atoms with van der Waals surface area (Å²) in [4.78, 5) is 14.1. The molecule has 1 aliphatic heterocycles. The number of benzene rings is 1. The van der Waals surface area contributed by atoms with E-state index in [0.717, 1.165) is 31.7 Å². The van der Waals surface area contributed by atoms with Crippen molar-refractivity contribution in [2.45, 2.75) is 25.8 Å². The predicted molar refractivity (Wildman–Crippen MR) is 73.2 cm³/mol. The van der Waals surface area contributed by atoms with E-state index < -0.39 is 5.54 Å². The van der Waals surface area contributed by atoms with Gasteiger partial charge in [0, 0.05) is 25.3 Å². The summed E-state index contributed by atoms with van der Waals surface area (Å²) in [6, 6.07) is 7.94. The molecular weight excluding hydrogens is 226 g/mol. The quantitative estimate of drug-likeness (QED) is 0.784. The molecule has 1 saturated heterocycles. The number of nitrogens with two attached hydrogens (primary N) is 1. The Labute approximate surface area is 108 Å². The monoisotopic (exact) mass is 247 g/mol. The van der Waals surface area contributed by atoms with Crippen molar-refractivity contribution in [3.8, 4) is 0 Å². The smallest absolute Gasteiger partial charge is 0.239 e. The average Bonchev–Trinajstić information content (AvgIpc) is 2.33. The van der Waals surface area contributed by atoms with Crippen LogP contribution in [-0.2, 0) is 11.2 Å². The third-order valence-corrected chi connectivity index (χ3v) is 3.66. The molecule has 0 saturated carbocycles. The number of carbonyl (C=O) groups is 1. The lowest BCUT2D eigenvalue weighted by atomic mass is 9.98. The number of piperazine rings is 1. The molecule has 1 aromatic rings. The Hall–Kier alpha value is -1.55. The van der Waals surface area contributed by atoms with Crippen LogP contribution < -0.4 is 11.1 Å². The van der Waals surface area contributed by atoms with Crippen LogP contribution in [0.2, 0.25) is 0 Å². The molecule has 1 amide bonds. The third-order valence-electron chi connectivity index (χ3n) is 3.66. The minimum atomic E-state index is -0.411. The van der Waals surface area contributed by atoms with Gasteiger partial charge in [-0.15, -0.1) is 0 Å². The Morgan fingerprint density at radius 1 is 1.33 bits per heavy atom. The maximum absolute atomic E-state index is 11.8. The van der Waals surface area contributed by atoms with Gasteiger partial charge in [0.1, 0.15) is 0 Å². The molecule has 1 aromatic carbocycles. The third kappa shape index (κ3) is 2.64. The van der Waals surface area contributed by atoms with Gasteiger partial charge in [0.15, 0.2) is 0 Å². The second kappa shape index (κ2) is 4.98. The Kier molecular flexibility index (Phi) is 3.57. The molecule has 1 heterocycles. The van der Waals surface area contributed by atoms with Crippen LogP contribution in [0.4, 0.5) is 5.69 Å². The summed E-state index contributed by atoms with van der Waals surface area (Å²) >= 11 is 0. The zero-order valence-electron chi connectivity index (χ0n) is 11.1. The highest BCUT2D eigenvalue weighted by Crippen LogP contribution is 2.18. The van der Waals surface area contributed by atoms with E-state index in [1.165, 1.54) is 5.56 Å². The zero-order chi connectivity index (χ0) is 13.2. The molecule has 1 aliphatic rings. The summed E-state index contributed by atoms with van der Waals surface area (Å²) in [5.74, 6) is 0.117. The number of carbonyl (C=O) groups excluding carboxylic acids is 1. The number of hydrogen-bond donors (Lipinski definition) is 2. The van der Waals surface area contributed by atoms with Gasteiger partial charge in [-0.25, -0.2) is 0 Å². The molecule has 0 unspecified atom stereocenters. The van der Waals surface area contributed by atoms with E-state index in [2.05, 4.69) is 10.2 Å². The van der Waals surface area contributed by atoms with Gasteiger partial charge in [-0.2, -0.15) is 0 Å². The summed E-state index contributed by atoms with van der Waals surface area (Å²) in [6.07, 6.45) is 0.941. The van der Waals surface area contributed by atoms with Gasteiger partial charge in [-0.3, -0.25) is 9.69 Å². The van der Waals surface area contributed by atoms with E-state index >= 15 is 0 Å². The summed E-state index contributed by atoms with van der Waals surface area (Å²) in [6.45, 7) is 6.50. The van der Waals surface area contributed by atoms with Crippen molar-refractivity contribution in [1.29, 1.82) is 0 Å². The van der Waals surface area contributed by atoms with Crippen LogP contribution in [0.3, 0.4) is 0 Å². The maximum atomic E-state index is 11.8. The first-order chi connectivity index (χ1) is 8.50. The van der Waals surface area contributed by atoms with Crippen molar-refractivity contribution >= 4 is 11.6 Å². The molecule has 4 heteroatoms. The molecular formula is C14H21N3O. The summed E-state index contributed by atoms with van der Waals surface area (Å²) < 4.78 is 0. The van der Waals surface area contributed by atoms with Crippen LogP contribution in [0.1, 0.15) is 19.4 Å². The number of anilines is 1. The average molecular weight is 247 g/mol. The fourth-order valence-electron chi connectivity index (χ4n) is 2.28. The van der Waals surface area contributed by atoms with Crippen LogP contribution in [0, 0.1) is 0 Å². The van der Waals surface area contributed by atoms with Gasteiger partial charge in [-0.05, 0) is 38.0 Å². The van der Waals surface area contributed by atoms with E-state index in [9.17, 15) is 4.79 Å². The van der Waals surface area contributed by atoms with Crippen LogP contribution in [-0.4, -0.2) is 36.0 Å². The first kappa shape index (κ1) is 12.9. The number of rotatable bonds is 3. The van der Waals surface area contributed by atoms with E-state index in [0.29, 0.717) is 0 Å². The maximum Gasteiger partial charge on any atom is 0.239 e. The SMILES string of the molecule is CC1(C)C(=O)NCCN1CCc1ccc(N)cc1. The second-order valence-corrected chi connectivity index (χ2v) is 5.29. The lowest BCUT2D eigenvalue weighted by Crippen LogP contribution is -2.62. The highest BCUT2D eigenvalue weighted by Gasteiger charge is 2.36. The Balaban J connectivity index is 1.97. The fraction of sp³-hybridized carbons (Fsp3) is 0.500. The molecule has 3 N–H and O–H groups in total. The first-order valence-electron chi connectivity index (χ1n) is 6.38. The molecule has 0 bridgehead atoms. The number of nitrogen functional groups attached to an aromatic ring is 1.